The quantitative estimate of drug-likeness (QED) is 0.363. The van der Waals surface area contributed by atoms with Crippen LogP contribution in [0.4, 0.5) is 10.5 Å². The molecule has 1 saturated heterocycles. The molecular weight excluding hydrogens is 587 g/mol. The van der Waals surface area contributed by atoms with Crippen molar-refractivity contribution in [2.24, 2.45) is 0 Å². The maximum atomic E-state index is 12.6. The van der Waals surface area contributed by atoms with E-state index in [1.54, 1.807) is 42.5 Å². The van der Waals surface area contributed by atoms with Crippen LogP contribution in [0.3, 0.4) is 0 Å². The summed E-state index contributed by atoms with van der Waals surface area (Å²) in [5.41, 5.74) is 1.18. The Morgan fingerprint density at radius 2 is 2.00 bits per heavy atom. The van der Waals surface area contributed by atoms with Crippen LogP contribution in [0.2, 0.25) is 0 Å². The molecule has 2 aromatic rings. The second-order valence-corrected chi connectivity index (χ2v) is 9.12. The van der Waals surface area contributed by atoms with Crippen molar-refractivity contribution >= 4 is 79.1 Å². The predicted octanol–water partition coefficient (Wildman–Crippen LogP) is 4.83. The summed E-state index contributed by atoms with van der Waals surface area (Å²) in [6.07, 6.45) is 1.56. The predicted molar refractivity (Wildman–Crippen MR) is 127 cm³/mol. The lowest BCUT2D eigenvalue weighted by Gasteiger charge is -2.12. The van der Waals surface area contributed by atoms with E-state index in [1.807, 2.05) is 29.5 Å². The Morgan fingerprint density at radius 3 is 2.63 bits per heavy atom. The average Bonchev–Trinajstić information content (AvgIpc) is 2.95. The number of phenols is 1. The van der Waals surface area contributed by atoms with Crippen LogP contribution in [-0.2, 0) is 9.59 Å². The molecule has 0 spiro atoms. The molecule has 156 valence electrons. The maximum Gasteiger partial charge on any atom is 0.294 e. The number of anilines is 1. The van der Waals surface area contributed by atoms with Crippen LogP contribution < -0.4 is 10.1 Å². The number of carbonyl (C=O) groups is 3. The molecule has 1 heterocycles. The summed E-state index contributed by atoms with van der Waals surface area (Å²) in [6, 6.07) is 10.1. The fourth-order valence-electron chi connectivity index (χ4n) is 2.60. The van der Waals surface area contributed by atoms with Gasteiger partial charge in [0.15, 0.2) is 0 Å². The van der Waals surface area contributed by atoms with Crippen molar-refractivity contribution in [2.75, 3.05) is 18.5 Å². The summed E-state index contributed by atoms with van der Waals surface area (Å²) >= 11 is 5.99. The zero-order valence-corrected chi connectivity index (χ0v) is 20.2. The summed E-state index contributed by atoms with van der Waals surface area (Å²) in [4.78, 5) is 38.3. The van der Waals surface area contributed by atoms with E-state index in [-0.39, 0.29) is 17.2 Å². The number of aromatic hydroxyl groups is 1. The van der Waals surface area contributed by atoms with Gasteiger partial charge in [-0.2, -0.15) is 0 Å². The summed E-state index contributed by atoms with van der Waals surface area (Å²) in [5, 5.41) is 12.0. The van der Waals surface area contributed by atoms with Gasteiger partial charge in [0.1, 0.15) is 18.0 Å². The van der Waals surface area contributed by atoms with Gasteiger partial charge in [0.25, 0.3) is 11.1 Å². The van der Waals surface area contributed by atoms with Crippen LogP contribution >= 0.6 is 50.3 Å². The number of amides is 3. The molecule has 0 unspecified atom stereocenters. The number of nitrogens with zero attached hydrogens (tertiary/aromatic N) is 1. The number of hydrogen-bond acceptors (Lipinski definition) is 6. The van der Waals surface area contributed by atoms with Crippen molar-refractivity contribution in [1.82, 2.24) is 4.90 Å². The van der Waals surface area contributed by atoms with Crippen LogP contribution in [0.15, 0.2) is 45.8 Å². The third kappa shape index (κ3) is 5.35. The smallest absolute Gasteiger partial charge is 0.294 e. The molecule has 3 rings (SSSR count). The summed E-state index contributed by atoms with van der Waals surface area (Å²) in [7, 11) is 0. The second kappa shape index (κ2) is 9.84. The fraction of sp³-hybridized carbons (Fsp3) is 0.150. The fourth-order valence-corrected chi connectivity index (χ4v) is 4.94. The average molecular weight is 603 g/mol. The van der Waals surface area contributed by atoms with Gasteiger partial charge in [0, 0.05) is 5.69 Å². The number of hydrogen-bond donors (Lipinski definition) is 2. The van der Waals surface area contributed by atoms with Crippen molar-refractivity contribution in [3.8, 4) is 11.5 Å². The minimum atomic E-state index is -0.536. The van der Waals surface area contributed by atoms with Crippen LogP contribution in [-0.4, -0.2) is 40.2 Å². The molecule has 10 heteroatoms. The van der Waals surface area contributed by atoms with E-state index < -0.39 is 17.1 Å². The van der Waals surface area contributed by atoms with E-state index in [0.717, 1.165) is 16.7 Å². The summed E-state index contributed by atoms with van der Waals surface area (Å²) in [5.74, 6) is -0.232. The van der Waals surface area contributed by atoms with Crippen molar-refractivity contribution in [1.29, 1.82) is 0 Å². The number of rotatable bonds is 6. The third-order valence-electron chi connectivity index (χ3n) is 3.96. The van der Waals surface area contributed by atoms with Gasteiger partial charge in [-0.05, 0) is 105 Å². The van der Waals surface area contributed by atoms with E-state index in [9.17, 15) is 19.5 Å². The third-order valence-corrected chi connectivity index (χ3v) is 6.30. The molecule has 0 saturated carbocycles. The lowest BCUT2D eigenvalue weighted by molar-refractivity contribution is -0.127. The highest BCUT2D eigenvalue weighted by Gasteiger charge is 2.36. The number of imide groups is 1. The minimum absolute atomic E-state index is 0.104. The first-order valence-corrected chi connectivity index (χ1v) is 11.4. The van der Waals surface area contributed by atoms with Crippen molar-refractivity contribution < 1.29 is 24.2 Å². The molecular formula is C20H16BrIN2O5S. The first kappa shape index (κ1) is 22.6. The van der Waals surface area contributed by atoms with Gasteiger partial charge in [0.2, 0.25) is 5.91 Å². The molecule has 1 fully saturated rings. The molecule has 3 amide bonds. The highest BCUT2D eigenvalue weighted by atomic mass is 127. The zero-order chi connectivity index (χ0) is 21.8. The topological polar surface area (TPSA) is 95.9 Å². The number of thioether (sulfide) groups is 1. The molecule has 0 aromatic heterocycles. The monoisotopic (exact) mass is 602 g/mol. The Balaban J connectivity index is 1.68. The van der Waals surface area contributed by atoms with Crippen LogP contribution in [0.25, 0.3) is 6.08 Å². The van der Waals surface area contributed by atoms with Crippen molar-refractivity contribution in [3.05, 3.63) is 54.9 Å². The van der Waals surface area contributed by atoms with E-state index in [2.05, 4.69) is 21.2 Å². The second-order valence-electron chi connectivity index (χ2n) is 6.11. The van der Waals surface area contributed by atoms with Gasteiger partial charge in [-0.3, -0.25) is 19.3 Å². The first-order valence-electron chi connectivity index (χ1n) is 8.74. The molecule has 7 nitrogen and oxygen atoms in total. The Morgan fingerprint density at radius 1 is 1.30 bits per heavy atom. The Labute approximate surface area is 199 Å². The maximum absolute atomic E-state index is 12.6. The molecule has 2 aromatic carbocycles. The van der Waals surface area contributed by atoms with E-state index >= 15 is 0 Å². The number of ether oxygens (including phenoxy) is 1. The van der Waals surface area contributed by atoms with Crippen LogP contribution in [0.1, 0.15) is 12.5 Å². The summed E-state index contributed by atoms with van der Waals surface area (Å²) in [6.45, 7) is 2.03. The van der Waals surface area contributed by atoms with E-state index in [0.29, 0.717) is 31.7 Å². The molecule has 30 heavy (non-hydrogen) atoms. The number of phenolic OH excluding ortho intramolecular Hbond substituents is 1. The summed E-state index contributed by atoms with van der Waals surface area (Å²) < 4.78 is 6.43. The largest absolute Gasteiger partial charge is 0.506 e. The number of nitrogens with one attached hydrogen (secondary N) is 1. The van der Waals surface area contributed by atoms with Crippen LogP contribution in [0, 0.1) is 3.57 Å². The Hall–Kier alpha value is -2.05. The molecule has 0 atom stereocenters. The minimum Gasteiger partial charge on any atom is -0.506 e. The molecule has 2 N–H and O–H groups in total. The Bertz CT molecular complexity index is 1020. The SMILES string of the molecule is CCOc1ccc(NC(=O)CN2C(=O)S/C(=C/c3cc(Br)c(O)c(I)c3)C2=O)cc1. The van der Waals surface area contributed by atoms with Gasteiger partial charge in [0.05, 0.1) is 19.6 Å². The van der Waals surface area contributed by atoms with E-state index in [4.69, 9.17) is 4.74 Å². The lowest BCUT2D eigenvalue weighted by Crippen LogP contribution is -2.36. The lowest BCUT2D eigenvalue weighted by atomic mass is 10.2. The highest BCUT2D eigenvalue weighted by Crippen LogP contribution is 2.35. The molecule has 1 aliphatic heterocycles. The highest BCUT2D eigenvalue weighted by molar-refractivity contribution is 14.1. The standard InChI is InChI=1S/C20H16BrIN2O5S/c1-2-29-13-5-3-12(4-6-13)23-17(25)10-24-19(27)16(30-20(24)28)9-11-7-14(21)18(26)15(22)8-11/h3-9,26H,2,10H2,1H3,(H,23,25)/b16-9+. The molecule has 1 aliphatic rings. The Kier molecular flexibility index (Phi) is 7.42. The van der Waals surface area contributed by atoms with Gasteiger partial charge >= 0.3 is 0 Å². The van der Waals surface area contributed by atoms with E-state index in [1.165, 1.54) is 0 Å². The van der Waals surface area contributed by atoms with Gasteiger partial charge in [-0.25, -0.2) is 0 Å². The van der Waals surface area contributed by atoms with Gasteiger partial charge < -0.3 is 15.2 Å². The van der Waals surface area contributed by atoms with Gasteiger partial charge in [-0.15, -0.1) is 0 Å². The normalized spacial score (nSPS) is 15.0. The molecule has 0 bridgehead atoms. The van der Waals surface area contributed by atoms with Crippen molar-refractivity contribution in [2.45, 2.75) is 6.92 Å². The molecule has 0 aliphatic carbocycles. The number of carbonyl (C=O) groups excluding carboxylic acids is 3. The zero-order valence-electron chi connectivity index (χ0n) is 15.6. The number of halogens is 2. The number of benzene rings is 2. The van der Waals surface area contributed by atoms with Gasteiger partial charge in [-0.1, -0.05) is 0 Å². The molecule has 0 radical (unpaired) electrons. The van der Waals surface area contributed by atoms with Crippen molar-refractivity contribution in [3.63, 3.8) is 0 Å². The first-order chi connectivity index (χ1) is 14.3. The van der Waals surface area contributed by atoms with Crippen LogP contribution in [0.5, 0.6) is 11.5 Å².